The van der Waals surface area contributed by atoms with Crippen LogP contribution in [0.4, 0.5) is 0 Å². The number of tetrazole rings is 1. The second-order valence-corrected chi connectivity index (χ2v) is 3.09. The third-order valence-corrected chi connectivity index (χ3v) is 2.10. The Hall–Kier alpha value is -1.73. The number of aryl methyl sites for hydroxylation is 1. The first kappa shape index (κ1) is 9.82. The average molecular weight is 204 g/mol. The summed E-state index contributed by atoms with van der Waals surface area (Å²) in [6.07, 6.45) is 0. The van der Waals surface area contributed by atoms with E-state index in [2.05, 4.69) is 15.5 Å². The highest BCUT2D eigenvalue weighted by Gasteiger charge is 2.19. The van der Waals surface area contributed by atoms with Gasteiger partial charge in [-0.25, -0.2) is 4.68 Å². The lowest BCUT2D eigenvalue weighted by atomic mass is 9.77. The van der Waals surface area contributed by atoms with Crippen LogP contribution in [0, 0.1) is 0 Å². The molecule has 2 N–H and O–H groups in total. The van der Waals surface area contributed by atoms with Crippen LogP contribution < -0.4 is 5.46 Å². The fraction of sp³-hybridized carbons (Fsp3) is 0.125. The molecule has 1 aromatic heterocycles. The van der Waals surface area contributed by atoms with Crippen molar-refractivity contribution in [3.05, 3.63) is 24.3 Å². The van der Waals surface area contributed by atoms with Crippen molar-refractivity contribution in [2.24, 2.45) is 7.05 Å². The first-order valence-electron chi connectivity index (χ1n) is 4.38. The van der Waals surface area contributed by atoms with E-state index in [1.54, 1.807) is 31.3 Å². The Morgan fingerprint density at radius 3 is 2.60 bits per heavy atom. The highest BCUT2D eigenvalue weighted by Crippen LogP contribution is 2.11. The zero-order valence-corrected chi connectivity index (χ0v) is 8.07. The van der Waals surface area contributed by atoms with Crippen LogP contribution in [0.1, 0.15) is 0 Å². The van der Waals surface area contributed by atoms with Crippen LogP contribution in [-0.2, 0) is 7.05 Å². The maximum absolute atomic E-state index is 9.17. The molecule has 0 aliphatic rings. The van der Waals surface area contributed by atoms with Gasteiger partial charge in [0.05, 0.1) is 0 Å². The molecule has 0 spiro atoms. The molecule has 6 nitrogen and oxygen atoms in total. The van der Waals surface area contributed by atoms with Crippen molar-refractivity contribution in [3.63, 3.8) is 0 Å². The molecule has 1 heterocycles. The van der Waals surface area contributed by atoms with Gasteiger partial charge in [0.2, 0.25) is 0 Å². The Balaban J connectivity index is 2.58. The van der Waals surface area contributed by atoms with E-state index >= 15 is 0 Å². The number of aromatic nitrogens is 4. The topological polar surface area (TPSA) is 84.1 Å². The minimum absolute atomic E-state index is 0.385. The predicted octanol–water partition coefficient (Wildman–Crippen LogP) is -1.44. The van der Waals surface area contributed by atoms with Gasteiger partial charge in [-0.2, -0.15) is 0 Å². The van der Waals surface area contributed by atoms with Gasteiger partial charge in [0, 0.05) is 12.6 Å². The zero-order chi connectivity index (χ0) is 10.8. The summed E-state index contributed by atoms with van der Waals surface area (Å²) in [5, 5.41) is 29.3. The van der Waals surface area contributed by atoms with E-state index in [9.17, 15) is 10.0 Å². The number of rotatable bonds is 2. The molecule has 76 valence electrons. The summed E-state index contributed by atoms with van der Waals surface area (Å²) in [7, 11) is 0.161. The van der Waals surface area contributed by atoms with Crippen molar-refractivity contribution in [1.29, 1.82) is 0 Å². The summed E-state index contributed by atoms with van der Waals surface area (Å²) in [5.41, 5.74) is 0.996. The normalized spacial score (nSPS) is 10.3. The van der Waals surface area contributed by atoms with Crippen molar-refractivity contribution in [3.8, 4) is 11.4 Å². The molecule has 0 saturated heterocycles. The van der Waals surface area contributed by atoms with Crippen LogP contribution in [0.5, 0.6) is 0 Å². The molecular weight excluding hydrogens is 195 g/mol. The molecule has 0 saturated carbocycles. The van der Waals surface area contributed by atoms with Gasteiger partial charge in [0.1, 0.15) is 0 Å². The fourth-order valence-corrected chi connectivity index (χ4v) is 1.38. The molecule has 2 rings (SSSR count). The van der Waals surface area contributed by atoms with Crippen LogP contribution >= 0.6 is 0 Å². The second-order valence-electron chi connectivity index (χ2n) is 3.09. The van der Waals surface area contributed by atoms with Crippen molar-refractivity contribution in [2.45, 2.75) is 0 Å². The maximum atomic E-state index is 9.17. The van der Waals surface area contributed by atoms with Crippen LogP contribution in [0.15, 0.2) is 24.3 Å². The summed E-state index contributed by atoms with van der Waals surface area (Å²) < 4.78 is 1.47. The van der Waals surface area contributed by atoms with Crippen molar-refractivity contribution >= 4 is 12.6 Å². The third-order valence-electron chi connectivity index (χ3n) is 2.10. The molecule has 0 bridgehead atoms. The summed E-state index contributed by atoms with van der Waals surface area (Å²) in [4.78, 5) is 0. The van der Waals surface area contributed by atoms with Crippen LogP contribution in [0.3, 0.4) is 0 Å². The Kier molecular flexibility index (Phi) is 2.48. The van der Waals surface area contributed by atoms with Gasteiger partial charge in [-0.3, -0.25) is 0 Å². The lowest BCUT2D eigenvalue weighted by Crippen LogP contribution is -2.31. The van der Waals surface area contributed by atoms with E-state index in [0.717, 1.165) is 0 Å². The van der Waals surface area contributed by atoms with Gasteiger partial charge >= 0.3 is 7.12 Å². The molecule has 0 aliphatic carbocycles. The molecule has 1 aromatic carbocycles. The van der Waals surface area contributed by atoms with Gasteiger partial charge in [0.25, 0.3) is 0 Å². The van der Waals surface area contributed by atoms with Gasteiger partial charge in [-0.05, 0) is 15.9 Å². The molecule has 0 unspecified atom stereocenters. The number of benzene rings is 1. The first-order valence-corrected chi connectivity index (χ1v) is 4.38. The first-order chi connectivity index (χ1) is 7.20. The Morgan fingerprint density at radius 1 is 1.27 bits per heavy atom. The highest BCUT2D eigenvalue weighted by atomic mass is 16.4. The summed E-state index contributed by atoms with van der Waals surface area (Å²) >= 11 is 0. The fourth-order valence-electron chi connectivity index (χ4n) is 1.38. The predicted molar refractivity (Wildman–Crippen MR) is 54.1 cm³/mol. The summed E-state index contributed by atoms with van der Waals surface area (Å²) in [6, 6.07) is 6.87. The lowest BCUT2D eigenvalue weighted by molar-refractivity contribution is 0.426. The molecule has 0 atom stereocenters. The SMILES string of the molecule is Cn1nnnc1-c1ccccc1B(O)O. The molecule has 0 aliphatic heterocycles. The summed E-state index contributed by atoms with van der Waals surface area (Å²) in [5.74, 6) is 0.499. The van der Waals surface area contributed by atoms with E-state index in [1.807, 2.05) is 0 Å². The third kappa shape index (κ3) is 1.74. The molecule has 0 radical (unpaired) electrons. The maximum Gasteiger partial charge on any atom is 0.489 e. The van der Waals surface area contributed by atoms with E-state index < -0.39 is 7.12 Å². The summed E-state index contributed by atoms with van der Waals surface area (Å²) in [6.45, 7) is 0. The van der Waals surface area contributed by atoms with E-state index in [4.69, 9.17) is 0 Å². The number of nitrogens with zero attached hydrogens (tertiary/aromatic N) is 4. The van der Waals surface area contributed by atoms with Crippen molar-refractivity contribution in [1.82, 2.24) is 20.2 Å². The molecule has 2 aromatic rings. The van der Waals surface area contributed by atoms with Crippen molar-refractivity contribution < 1.29 is 10.0 Å². The van der Waals surface area contributed by atoms with Gasteiger partial charge in [-0.1, -0.05) is 24.3 Å². The van der Waals surface area contributed by atoms with Crippen LogP contribution in [-0.4, -0.2) is 37.4 Å². The van der Waals surface area contributed by atoms with Crippen LogP contribution in [0.2, 0.25) is 0 Å². The quantitative estimate of drug-likeness (QED) is 0.585. The number of hydrogen-bond acceptors (Lipinski definition) is 5. The molecular formula is C8H9BN4O2. The standard InChI is InChI=1S/C8H9BN4O2/c1-13-8(10-11-12-13)6-4-2-3-5-7(6)9(14)15/h2-5,14-15H,1H3. The minimum atomic E-state index is -1.53. The van der Waals surface area contributed by atoms with Gasteiger partial charge in [-0.15, -0.1) is 5.10 Å². The van der Waals surface area contributed by atoms with Crippen molar-refractivity contribution in [2.75, 3.05) is 0 Å². The van der Waals surface area contributed by atoms with Gasteiger partial charge < -0.3 is 10.0 Å². The largest absolute Gasteiger partial charge is 0.489 e. The number of hydrogen-bond donors (Lipinski definition) is 2. The average Bonchev–Trinajstić information content (AvgIpc) is 2.64. The molecule has 7 heteroatoms. The van der Waals surface area contributed by atoms with E-state index in [1.165, 1.54) is 4.68 Å². The highest BCUT2D eigenvalue weighted by molar-refractivity contribution is 6.60. The smallest absolute Gasteiger partial charge is 0.423 e. The Bertz CT molecular complexity index is 471. The molecule has 15 heavy (non-hydrogen) atoms. The molecule has 0 fully saturated rings. The zero-order valence-electron chi connectivity index (χ0n) is 8.07. The Labute approximate surface area is 86.3 Å². The van der Waals surface area contributed by atoms with E-state index in [-0.39, 0.29) is 0 Å². The monoisotopic (exact) mass is 204 g/mol. The molecule has 0 amide bonds. The Morgan fingerprint density at radius 2 is 2.00 bits per heavy atom. The van der Waals surface area contributed by atoms with E-state index in [0.29, 0.717) is 16.9 Å². The van der Waals surface area contributed by atoms with Gasteiger partial charge in [0.15, 0.2) is 5.82 Å². The van der Waals surface area contributed by atoms with Crippen LogP contribution in [0.25, 0.3) is 11.4 Å². The second kappa shape index (κ2) is 3.80. The lowest BCUT2D eigenvalue weighted by Gasteiger charge is -2.06. The minimum Gasteiger partial charge on any atom is -0.423 e.